The van der Waals surface area contributed by atoms with Crippen LogP contribution in [0.4, 0.5) is 0 Å². The Morgan fingerprint density at radius 1 is 1.67 bits per heavy atom. The molecular weight excluding hydrogens is 178 g/mol. The van der Waals surface area contributed by atoms with Crippen LogP contribution in [0.15, 0.2) is 12.3 Å². The van der Waals surface area contributed by atoms with Crippen LogP contribution in [0.3, 0.4) is 0 Å². The largest absolute Gasteiger partial charge is 0.452 e. The van der Waals surface area contributed by atoms with Crippen LogP contribution in [0, 0.1) is 0 Å². The lowest BCUT2D eigenvalue weighted by molar-refractivity contribution is 0.0418. The maximum Gasteiger partial charge on any atom is 0.342 e. The average molecular weight is 184 g/mol. The van der Waals surface area contributed by atoms with Crippen molar-refractivity contribution in [2.75, 3.05) is 0 Å². The van der Waals surface area contributed by atoms with Crippen LogP contribution in [0.1, 0.15) is 29.1 Å². The van der Waals surface area contributed by atoms with Crippen LogP contribution in [0.5, 0.6) is 0 Å². The zero-order valence-electron chi connectivity index (χ0n) is 6.37. The third-order valence-corrected chi connectivity index (χ3v) is 2.12. The van der Waals surface area contributed by atoms with E-state index in [1.165, 1.54) is 0 Å². The molecule has 0 N–H and O–H groups in total. The van der Waals surface area contributed by atoms with Crippen molar-refractivity contribution in [3.05, 3.63) is 28.5 Å². The fourth-order valence-electron chi connectivity index (χ4n) is 1.24. The summed E-state index contributed by atoms with van der Waals surface area (Å²) in [5.41, 5.74) is 1.04. The van der Waals surface area contributed by atoms with Gasteiger partial charge in [-0.15, -0.1) is 0 Å². The predicted molar refractivity (Wildman–Crippen MR) is 43.1 cm³/mol. The predicted octanol–water partition coefficient (Wildman–Crippen LogP) is 1.97. The molecule has 1 aromatic heterocycles. The second kappa shape index (κ2) is 2.45. The minimum Gasteiger partial charge on any atom is -0.452 e. The molecule has 0 aliphatic carbocycles. The number of aromatic nitrogens is 1. The first kappa shape index (κ1) is 7.55. The Morgan fingerprint density at radius 3 is 3.08 bits per heavy atom. The van der Waals surface area contributed by atoms with Gasteiger partial charge in [0.15, 0.2) is 0 Å². The van der Waals surface area contributed by atoms with Gasteiger partial charge in [-0.25, -0.2) is 4.79 Å². The average Bonchev–Trinajstić information content (AvgIpc) is 2.29. The zero-order valence-corrected chi connectivity index (χ0v) is 7.13. The number of pyridine rings is 1. The lowest BCUT2D eigenvalue weighted by Crippen LogP contribution is -1.95. The molecule has 0 amide bonds. The van der Waals surface area contributed by atoms with Crippen LogP contribution in [-0.2, 0) is 4.74 Å². The first-order chi connectivity index (χ1) is 5.70. The summed E-state index contributed by atoms with van der Waals surface area (Å²) in [6, 6.07) is 1.58. The molecule has 1 aromatic rings. The molecule has 3 nitrogen and oxygen atoms in total. The van der Waals surface area contributed by atoms with Gasteiger partial charge in [-0.3, -0.25) is 4.98 Å². The smallest absolute Gasteiger partial charge is 0.342 e. The van der Waals surface area contributed by atoms with Crippen molar-refractivity contribution in [3.63, 3.8) is 0 Å². The van der Waals surface area contributed by atoms with E-state index in [0.29, 0.717) is 16.3 Å². The van der Waals surface area contributed by atoms with Gasteiger partial charge in [0.2, 0.25) is 0 Å². The Morgan fingerprint density at radius 2 is 2.42 bits per heavy atom. The molecule has 0 radical (unpaired) electrons. The molecule has 0 fully saturated rings. The van der Waals surface area contributed by atoms with E-state index < -0.39 is 0 Å². The molecule has 0 spiro atoms. The third-order valence-electron chi connectivity index (χ3n) is 1.80. The van der Waals surface area contributed by atoms with Crippen molar-refractivity contribution in [1.82, 2.24) is 4.98 Å². The molecule has 4 heteroatoms. The van der Waals surface area contributed by atoms with Gasteiger partial charge in [-0.1, -0.05) is 11.6 Å². The topological polar surface area (TPSA) is 39.2 Å². The van der Waals surface area contributed by atoms with Crippen molar-refractivity contribution in [1.29, 1.82) is 0 Å². The van der Waals surface area contributed by atoms with Crippen molar-refractivity contribution < 1.29 is 9.53 Å². The third kappa shape index (κ3) is 0.898. The molecule has 0 saturated carbocycles. The maximum absolute atomic E-state index is 11.2. The van der Waals surface area contributed by atoms with Gasteiger partial charge >= 0.3 is 5.97 Å². The van der Waals surface area contributed by atoms with Crippen molar-refractivity contribution in [2.45, 2.75) is 13.0 Å². The molecule has 2 heterocycles. The van der Waals surface area contributed by atoms with Crippen LogP contribution in [0.25, 0.3) is 0 Å². The lowest BCUT2D eigenvalue weighted by atomic mass is 10.2. The highest BCUT2D eigenvalue weighted by Gasteiger charge is 2.31. The van der Waals surface area contributed by atoms with E-state index in [9.17, 15) is 4.79 Å². The summed E-state index contributed by atoms with van der Waals surface area (Å²) in [4.78, 5) is 15.2. The highest BCUT2D eigenvalue weighted by Crippen LogP contribution is 2.32. The Hall–Kier alpha value is -1.09. The fraction of sp³-hybridized carbons (Fsp3) is 0.250. The number of esters is 1. The number of hydrogen-bond acceptors (Lipinski definition) is 3. The molecule has 1 aliphatic rings. The molecule has 1 unspecified atom stereocenters. The molecule has 1 aliphatic heterocycles. The molecule has 2 rings (SSSR count). The zero-order chi connectivity index (χ0) is 8.72. The van der Waals surface area contributed by atoms with Gasteiger partial charge < -0.3 is 4.74 Å². The van der Waals surface area contributed by atoms with Gasteiger partial charge in [0.05, 0.1) is 10.7 Å². The van der Waals surface area contributed by atoms with E-state index in [1.807, 2.05) is 0 Å². The summed E-state index contributed by atoms with van der Waals surface area (Å²) < 4.78 is 4.93. The number of carbonyl (C=O) groups excluding carboxylic acids is 1. The fourth-order valence-corrected chi connectivity index (χ4v) is 1.47. The number of fused-ring (bicyclic) bond motifs is 1. The van der Waals surface area contributed by atoms with Gasteiger partial charge in [-0.05, 0) is 13.0 Å². The number of carbonyl (C=O) groups is 1. The molecule has 0 saturated heterocycles. The van der Waals surface area contributed by atoms with E-state index in [4.69, 9.17) is 16.3 Å². The van der Waals surface area contributed by atoms with Gasteiger partial charge in [0.1, 0.15) is 11.7 Å². The number of cyclic esters (lactones) is 1. The summed E-state index contributed by atoms with van der Waals surface area (Å²) in [6.07, 6.45) is 1.30. The number of hydrogen-bond donors (Lipinski definition) is 0. The summed E-state index contributed by atoms with van der Waals surface area (Å²) in [5.74, 6) is -0.379. The minimum atomic E-state index is -0.379. The van der Waals surface area contributed by atoms with E-state index >= 15 is 0 Å². The SMILES string of the molecule is CC1OC(=O)c2c(Cl)ccnc21. The molecule has 0 bridgehead atoms. The molecule has 62 valence electrons. The highest BCUT2D eigenvalue weighted by atomic mass is 35.5. The Labute approximate surface area is 74.3 Å². The second-order valence-electron chi connectivity index (χ2n) is 2.60. The van der Waals surface area contributed by atoms with E-state index in [-0.39, 0.29) is 12.1 Å². The van der Waals surface area contributed by atoms with Crippen molar-refractivity contribution in [3.8, 4) is 0 Å². The minimum absolute atomic E-state index is 0.272. The molecule has 1 atom stereocenters. The standard InChI is InChI=1S/C8H6ClNO2/c1-4-7-6(8(11)12-4)5(9)2-3-10-7/h2-4H,1H3. The van der Waals surface area contributed by atoms with Gasteiger partial charge in [0, 0.05) is 6.20 Å². The first-order valence-electron chi connectivity index (χ1n) is 3.55. The van der Waals surface area contributed by atoms with Gasteiger partial charge in [-0.2, -0.15) is 0 Å². The summed E-state index contributed by atoms with van der Waals surface area (Å²) in [5, 5.41) is 0.411. The molecule has 12 heavy (non-hydrogen) atoms. The first-order valence-corrected chi connectivity index (χ1v) is 3.93. The normalized spacial score (nSPS) is 20.5. The van der Waals surface area contributed by atoms with E-state index in [1.54, 1.807) is 19.2 Å². The Kier molecular flexibility index (Phi) is 1.54. The number of halogens is 1. The van der Waals surface area contributed by atoms with Gasteiger partial charge in [0.25, 0.3) is 0 Å². The van der Waals surface area contributed by atoms with Crippen LogP contribution in [-0.4, -0.2) is 11.0 Å². The summed E-state index contributed by atoms with van der Waals surface area (Å²) in [6.45, 7) is 1.77. The Balaban J connectivity index is 2.67. The highest BCUT2D eigenvalue weighted by molar-refractivity contribution is 6.33. The van der Waals surface area contributed by atoms with E-state index in [0.717, 1.165) is 0 Å². The van der Waals surface area contributed by atoms with Crippen molar-refractivity contribution >= 4 is 17.6 Å². The number of nitrogens with zero attached hydrogens (tertiary/aromatic N) is 1. The quantitative estimate of drug-likeness (QED) is 0.578. The van der Waals surface area contributed by atoms with Crippen LogP contribution in [0.2, 0.25) is 5.02 Å². The number of rotatable bonds is 0. The van der Waals surface area contributed by atoms with E-state index in [2.05, 4.69) is 4.98 Å². The molecular formula is C8H6ClNO2. The monoisotopic (exact) mass is 183 g/mol. The summed E-state index contributed by atoms with van der Waals surface area (Å²) >= 11 is 5.79. The van der Waals surface area contributed by atoms with Crippen LogP contribution >= 0.6 is 11.6 Å². The van der Waals surface area contributed by atoms with Crippen molar-refractivity contribution in [2.24, 2.45) is 0 Å². The molecule has 0 aromatic carbocycles. The maximum atomic E-state index is 11.2. The summed E-state index contributed by atoms with van der Waals surface area (Å²) in [7, 11) is 0. The second-order valence-corrected chi connectivity index (χ2v) is 3.01. The number of ether oxygens (including phenoxy) is 1. The Bertz CT molecular complexity index is 351. The van der Waals surface area contributed by atoms with Crippen LogP contribution < -0.4 is 0 Å². The lowest BCUT2D eigenvalue weighted by Gasteiger charge is -1.99.